The van der Waals surface area contributed by atoms with E-state index in [9.17, 15) is 14.4 Å². The average molecular weight is 306 g/mol. The van der Waals surface area contributed by atoms with Gasteiger partial charge < -0.3 is 10.1 Å². The molecule has 2 heterocycles. The van der Waals surface area contributed by atoms with E-state index in [-0.39, 0.29) is 18.0 Å². The van der Waals surface area contributed by atoms with E-state index in [4.69, 9.17) is 4.74 Å². The van der Waals surface area contributed by atoms with Gasteiger partial charge in [-0.3, -0.25) is 14.5 Å². The maximum absolute atomic E-state index is 11.9. The van der Waals surface area contributed by atoms with Gasteiger partial charge in [-0.2, -0.15) is 5.10 Å². The molecule has 0 bridgehead atoms. The van der Waals surface area contributed by atoms with Gasteiger partial charge in [-0.1, -0.05) is 0 Å². The summed E-state index contributed by atoms with van der Waals surface area (Å²) in [5, 5.41) is 7.02. The highest BCUT2D eigenvalue weighted by molar-refractivity contribution is 5.82. The summed E-state index contributed by atoms with van der Waals surface area (Å²) in [7, 11) is 0. The van der Waals surface area contributed by atoms with E-state index in [1.807, 2.05) is 0 Å². The lowest BCUT2D eigenvalue weighted by Crippen LogP contribution is -2.39. The number of hydrogen-bond donors (Lipinski definition) is 1. The Balaban J connectivity index is 1.50. The molecule has 1 aromatic heterocycles. The van der Waals surface area contributed by atoms with Gasteiger partial charge in [-0.25, -0.2) is 9.48 Å². The van der Waals surface area contributed by atoms with Crippen LogP contribution in [0.5, 0.6) is 0 Å². The van der Waals surface area contributed by atoms with Crippen molar-refractivity contribution in [2.24, 2.45) is 0 Å². The predicted molar refractivity (Wildman–Crippen MR) is 76.5 cm³/mol. The van der Waals surface area contributed by atoms with Crippen molar-refractivity contribution in [3.05, 3.63) is 27.7 Å². The van der Waals surface area contributed by atoms with Crippen molar-refractivity contribution in [2.75, 3.05) is 26.2 Å². The second kappa shape index (κ2) is 6.17. The van der Waals surface area contributed by atoms with E-state index in [0.717, 1.165) is 30.5 Å². The number of nitrogens with one attached hydrogen (secondary N) is 1. The fourth-order valence-electron chi connectivity index (χ4n) is 2.70. The molecule has 1 N–H and O–H groups in total. The zero-order chi connectivity index (χ0) is 15.5. The van der Waals surface area contributed by atoms with Crippen molar-refractivity contribution >= 4 is 12.0 Å². The molecule has 1 aliphatic carbocycles. The van der Waals surface area contributed by atoms with E-state index in [0.29, 0.717) is 26.2 Å². The lowest BCUT2D eigenvalue weighted by atomic mass is 10.2. The first-order valence-corrected chi connectivity index (χ1v) is 7.42. The summed E-state index contributed by atoms with van der Waals surface area (Å²) >= 11 is 0. The first-order chi connectivity index (χ1) is 10.6. The number of hydrogen-bond acceptors (Lipinski definition) is 5. The van der Waals surface area contributed by atoms with Gasteiger partial charge in [0.1, 0.15) is 13.2 Å². The van der Waals surface area contributed by atoms with Crippen molar-refractivity contribution < 1.29 is 14.3 Å². The molecule has 22 heavy (non-hydrogen) atoms. The van der Waals surface area contributed by atoms with Crippen LogP contribution in [0.2, 0.25) is 0 Å². The highest BCUT2D eigenvalue weighted by Gasteiger charge is 2.23. The van der Waals surface area contributed by atoms with Crippen LogP contribution in [-0.2, 0) is 28.9 Å². The smallest absolute Gasteiger partial charge is 0.410 e. The average Bonchev–Trinajstić information content (AvgIpc) is 3.08. The number of ether oxygens (including phenoxy) is 1. The normalized spacial score (nSPS) is 16.5. The van der Waals surface area contributed by atoms with Crippen molar-refractivity contribution in [3.8, 4) is 0 Å². The summed E-state index contributed by atoms with van der Waals surface area (Å²) in [6, 6.07) is 1.64. The maximum atomic E-state index is 11.9. The fraction of sp³-hybridized carbons (Fsp3) is 0.571. The van der Waals surface area contributed by atoms with Crippen LogP contribution in [-0.4, -0.2) is 52.9 Å². The van der Waals surface area contributed by atoms with Crippen LogP contribution in [0, 0.1) is 0 Å². The van der Waals surface area contributed by atoms with Crippen LogP contribution < -0.4 is 10.9 Å². The molecule has 2 amide bonds. The molecule has 0 spiro atoms. The zero-order valence-corrected chi connectivity index (χ0v) is 12.2. The largest absolute Gasteiger partial charge is 0.448 e. The van der Waals surface area contributed by atoms with Crippen LogP contribution in [0.25, 0.3) is 0 Å². The number of aromatic nitrogens is 2. The molecule has 0 saturated carbocycles. The van der Waals surface area contributed by atoms with Gasteiger partial charge in [0, 0.05) is 12.6 Å². The molecular weight excluding hydrogens is 288 g/mol. The number of carbonyl (C=O) groups is 2. The lowest BCUT2D eigenvalue weighted by Gasteiger charge is -2.12. The molecule has 3 rings (SSSR count). The van der Waals surface area contributed by atoms with Crippen LogP contribution in [0.3, 0.4) is 0 Å². The molecule has 1 fully saturated rings. The van der Waals surface area contributed by atoms with Gasteiger partial charge in [0.2, 0.25) is 5.91 Å². The van der Waals surface area contributed by atoms with E-state index in [1.165, 1.54) is 9.58 Å². The number of cyclic esters (lactones) is 1. The summed E-state index contributed by atoms with van der Waals surface area (Å²) < 4.78 is 6.13. The Morgan fingerprint density at radius 1 is 1.36 bits per heavy atom. The molecule has 0 radical (unpaired) electrons. The molecule has 0 unspecified atom stereocenters. The lowest BCUT2D eigenvalue weighted by molar-refractivity contribution is -0.121. The van der Waals surface area contributed by atoms with Gasteiger partial charge in [0.05, 0.1) is 18.8 Å². The van der Waals surface area contributed by atoms with Gasteiger partial charge >= 0.3 is 6.09 Å². The zero-order valence-electron chi connectivity index (χ0n) is 12.2. The highest BCUT2D eigenvalue weighted by Crippen LogP contribution is 2.16. The second-order valence-electron chi connectivity index (χ2n) is 5.42. The summed E-state index contributed by atoms with van der Waals surface area (Å²) in [5.41, 5.74) is 1.88. The van der Waals surface area contributed by atoms with E-state index in [1.54, 1.807) is 6.07 Å². The number of fused-ring (bicyclic) bond motifs is 1. The number of amides is 2. The summed E-state index contributed by atoms with van der Waals surface area (Å²) in [6.07, 6.45) is 2.39. The quantitative estimate of drug-likeness (QED) is 0.776. The fourth-order valence-corrected chi connectivity index (χ4v) is 2.70. The monoisotopic (exact) mass is 306 g/mol. The minimum absolute atomic E-state index is 0.0225. The highest BCUT2D eigenvalue weighted by atomic mass is 16.6. The topological polar surface area (TPSA) is 93.5 Å². The minimum atomic E-state index is -0.466. The van der Waals surface area contributed by atoms with Crippen LogP contribution in [0.1, 0.15) is 17.7 Å². The molecule has 0 atom stereocenters. The summed E-state index contributed by atoms with van der Waals surface area (Å²) in [6.45, 7) is 1.35. The molecule has 0 aromatic carbocycles. The van der Waals surface area contributed by atoms with Crippen LogP contribution in [0.4, 0.5) is 4.79 Å². The third-order valence-corrected chi connectivity index (χ3v) is 3.85. The first kappa shape index (κ1) is 14.6. The third-order valence-electron chi connectivity index (χ3n) is 3.85. The van der Waals surface area contributed by atoms with Crippen molar-refractivity contribution in [1.29, 1.82) is 0 Å². The number of aryl methyl sites for hydroxylation is 2. The molecule has 118 valence electrons. The van der Waals surface area contributed by atoms with Crippen molar-refractivity contribution in [3.63, 3.8) is 0 Å². The Morgan fingerprint density at radius 3 is 3.00 bits per heavy atom. The third kappa shape index (κ3) is 3.10. The van der Waals surface area contributed by atoms with E-state index >= 15 is 0 Å². The molecule has 2 aliphatic rings. The molecule has 1 aromatic rings. The van der Waals surface area contributed by atoms with Crippen LogP contribution >= 0.6 is 0 Å². The van der Waals surface area contributed by atoms with Crippen molar-refractivity contribution in [2.45, 2.75) is 25.8 Å². The predicted octanol–water partition coefficient (Wildman–Crippen LogP) is -0.700. The molecule has 1 saturated heterocycles. The molecule has 8 nitrogen and oxygen atoms in total. The molecular formula is C14H18N4O4. The van der Waals surface area contributed by atoms with Crippen LogP contribution in [0.15, 0.2) is 10.9 Å². The Bertz CT molecular complexity index is 655. The SMILES string of the molecule is O=C(CN1CCOC1=O)NCCn1nc2c(cc1=O)CCC2. The van der Waals surface area contributed by atoms with E-state index in [2.05, 4.69) is 10.4 Å². The first-order valence-electron chi connectivity index (χ1n) is 7.42. The van der Waals surface area contributed by atoms with Gasteiger partial charge in [0.25, 0.3) is 5.56 Å². The Labute approximate surface area is 127 Å². The summed E-state index contributed by atoms with van der Waals surface area (Å²) in [4.78, 5) is 36.2. The molecule has 1 aliphatic heterocycles. The maximum Gasteiger partial charge on any atom is 0.410 e. The summed E-state index contributed by atoms with van der Waals surface area (Å²) in [5.74, 6) is -0.270. The van der Waals surface area contributed by atoms with Gasteiger partial charge in [-0.15, -0.1) is 0 Å². The number of carbonyl (C=O) groups excluding carboxylic acids is 2. The van der Waals surface area contributed by atoms with Gasteiger partial charge in [0.15, 0.2) is 0 Å². The minimum Gasteiger partial charge on any atom is -0.448 e. The Hall–Kier alpha value is -2.38. The Morgan fingerprint density at radius 2 is 2.23 bits per heavy atom. The number of rotatable bonds is 5. The second-order valence-corrected chi connectivity index (χ2v) is 5.42. The van der Waals surface area contributed by atoms with Gasteiger partial charge in [-0.05, 0) is 24.8 Å². The number of nitrogens with zero attached hydrogens (tertiary/aromatic N) is 3. The molecule has 8 heteroatoms. The van der Waals surface area contributed by atoms with Crippen molar-refractivity contribution in [1.82, 2.24) is 20.0 Å². The van der Waals surface area contributed by atoms with E-state index < -0.39 is 6.09 Å². The Kier molecular flexibility index (Phi) is 4.08. The standard InChI is InChI=1S/C14H18N4O4/c19-12(9-17-6-7-22-14(17)21)15-4-5-18-13(20)8-10-2-1-3-11(10)16-18/h8H,1-7,9H2,(H,15,19).